The van der Waals surface area contributed by atoms with E-state index in [0.29, 0.717) is 12.2 Å². The fourth-order valence-electron chi connectivity index (χ4n) is 4.76. The van der Waals surface area contributed by atoms with Crippen LogP contribution >= 0.6 is 0 Å². The van der Waals surface area contributed by atoms with Crippen LogP contribution in [0.2, 0.25) is 0 Å². The molecule has 0 radical (unpaired) electrons. The fourth-order valence-corrected chi connectivity index (χ4v) is 4.76. The number of H-pyrrole nitrogens is 1. The van der Waals surface area contributed by atoms with Gasteiger partial charge < -0.3 is 4.90 Å². The lowest BCUT2D eigenvalue weighted by Gasteiger charge is -2.32. The van der Waals surface area contributed by atoms with Crippen molar-refractivity contribution in [2.45, 2.75) is 44.6 Å². The Morgan fingerprint density at radius 2 is 1.80 bits per heavy atom. The summed E-state index contributed by atoms with van der Waals surface area (Å²) in [6.45, 7) is 4.82. The molecule has 2 fully saturated rings. The van der Waals surface area contributed by atoms with Crippen molar-refractivity contribution in [3.05, 3.63) is 53.5 Å². The largest absolute Gasteiger partial charge is 0.338 e. The molecule has 4 heterocycles. The van der Waals surface area contributed by atoms with Crippen molar-refractivity contribution in [2.24, 2.45) is 0 Å². The number of amides is 1. The molecule has 0 spiro atoms. The van der Waals surface area contributed by atoms with E-state index in [1.807, 2.05) is 17.0 Å². The van der Waals surface area contributed by atoms with Gasteiger partial charge in [0.15, 0.2) is 5.65 Å². The Morgan fingerprint density at radius 3 is 2.63 bits per heavy atom. The summed E-state index contributed by atoms with van der Waals surface area (Å²) >= 11 is 0. The number of fused-ring (bicyclic) bond motifs is 1. The molecule has 1 unspecified atom stereocenters. The van der Waals surface area contributed by atoms with E-state index >= 15 is 0 Å². The highest BCUT2D eigenvalue weighted by Gasteiger charge is 2.28. The van der Waals surface area contributed by atoms with E-state index < -0.39 is 0 Å². The van der Waals surface area contributed by atoms with Gasteiger partial charge in [-0.05, 0) is 56.5 Å². The maximum absolute atomic E-state index is 13.1. The monoisotopic (exact) mass is 404 g/mol. The molecule has 1 aromatic carbocycles. The van der Waals surface area contributed by atoms with E-state index in [4.69, 9.17) is 0 Å². The summed E-state index contributed by atoms with van der Waals surface area (Å²) in [6.07, 6.45) is 9.28. The molecule has 2 aromatic heterocycles. The number of aromatic nitrogens is 4. The standard InChI is InChI=1S/C23H28N6O/c30-23(18-8-6-17(7-9-18)15-28-12-2-1-3-13-28)29-14-4-5-19(16-29)20-21-22(27-26-20)25-11-10-24-21/h6-11,19H,1-5,12-16H2,(H,25,26,27). The summed E-state index contributed by atoms with van der Waals surface area (Å²) in [7, 11) is 0. The molecule has 0 aliphatic carbocycles. The number of likely N-dealkylation sites (tertiary alicyclic amines) is 2. The van der Waals surface area contributed by atoms with Crippen LogP contribution in [0.4, 0.5) is 0 Å². The summed E-state index contributed by atoms with van der Waals surface area (Å²) in [5.41, 5.74) is 4.51. The van der Waals surface area contributed by atoms with E-state index in [1.165, 1.54) is 37.9 Å². The van der Waals surface area contributed by atoms with Crippen molar-refractivity contribution in [2.75, 3.05) is 26.2 Å². The quantitative estimate of drug-likeness (QED) is 0.721. The number of benzene rings is 1. The molecular weight excluding hydrogens is 376 g/mol. The van der Waals surface area contributed by atoms with Crippen LogP contribution in [0.5, 0.6) is 0 Å². The number of piperidine rings is 2. The first-order valence-electron chi connectivity index (χ1n) is 11.0. The minimum absolute atomic E-state index is 0.110. The minimum atomic E-state index is 0.110. The van der Waals surface area contributed by atoms with E-state index in [-0.39, 0.29) is 11.8 Å². The second-order valence-corrected chi connectivity index (χ2v) is 8.49. The van der Waals surface area contributed by atoms with E-state index in [2.05, 4.69) is 37.2 Å². The van der Waals surface area contributed by atoms with Crippen molar-refractivity contribution in [1.29, 1.82) is 0 Å². The number of carbonyl (C=O) groups is 1. The van der Waals surface area contributed by atoms with Crippen molar-refractivity contribution in [3.8, 4) is 0 Å². The molecule has 30 heavy (non-hydrogen) atoms. The maximum atomic E-state index is 13.1. The SMILES string of the molecule is O=C(c1ccc(CN2CCCCC2)cc1)N1CCCC(c2[nH]nc3nccnc23)C1. The summed E-state index contributed by atoms with van der Waals surface area (Å²) < 4.78 is 0. The van der Waals surface area contributed by atoms with Crippen LogP contribution in [0.15, 0.2) is 36.7 Å². The fraction of sp³-hybridized carbons (Fsp3) is 0.478. The Bertz CT molecular complexity index is 1010. The normalized spacial score (nSPS) is 20.5. The molecule has 0 bridgehead atoms. The minimum Gasteiger partial charge on any atom is -0.338 e. The maximum Gasteiger partial charge on any atom is 0.253 e. The first-order chi connectivity index (χ1) is 14.8. The molecule has 156 valence electrons. The zero-order chi connectivity index (χ0) is 20.3. The topological polar surface area (TPSA) is 78.0 Å². The van der Waals surface area contributed by atoms with Gasteiger partial charge in [0.1, 0.15) is 5.52 Å². The Balaban J connectivity index is 1.26. The second kappa shape index (κ2) is 8.52. The highest BCUT2D eigenvalue weighted by Crippen LogP contribution is 2.29. The molecule has 0 saturated carbocycles. The Morgan fingerprint density at radius 1 is 1.00 bits per heavy atom. The van der Waals surface area contributed by atoms with Crippen LogP contribution in [0.25, 0.3) is 11.2 Å². The van der Waals surface area contributed by atoms with Crippen LogP contribution in [-0.2, 0) is 6.54 Å². The summed E-state index contributed by atoms with van der Waals surface area (Å²) in [5, 5.41) is 7.38. The number of rotatable bonds is 4. The summed E-state index contributed by atoms with van der Waals surface area (Å²) in [5.74, 6) is 0.321. The van der Waals surface area contributed by atoms with Crippen molar-refractivity contribution in [3.63, 3.8) is 0 Å². The number of nitrogens with one attached hydrogen (secondary N) is 1. The second-order valence-electron chi connectivity index (χ2n) is 8.49. The number of hydrogen-bond acceptors (Lipinski definition) is 5. The lowest BCUT2D eigenvalue weighted by Crippen LogP contribution is -2.39. The first kappa shape index (κ1) is 19.2. The predicted octanol–water partition coefficient (Wildman–Crippen LogP) is 3.36. The van der Waals surface area contributed by atoms with Gasteiger partial charge in [-0.15, -0.1) is 0 Å². The Kier molecular flexibility index (Phi) is 5.45. The van der Waals surface area contributed by atoms with Crippen molar-refractivity contribution < 1.29 is 4.79 Å². The molecular formula is C23H28N6O. The van der Waals surface area contributed by atoms with Gasteiger partial charge in [0, 0.05) is 43.5 Å². The van der Waals surface area contributed by atoms with Gasteiger partial charge in [-0.25, -0.2) is 9.97 Å². The summed E-state index contributed by atoms with van der Waals surface area (Å²) in [4.78, 5) is 26.3. The van der Waals surface area contributed by atoms with E-state index in [9.17, 15) is 4.79 Å². The third-order valence-corrected chi connectivity index (χ3v) is 6.39. The Hall–Kier alpha value is -2.80. The van der Waals surface area contributed by atoms with Crippen LogP contribution in [0, 0.1) is 0 Å². The smallest absolute Gasteiger partial charge is 0.253 e. The van der Waals surface area contributed by atoms with E-state index in [0.717, 1.165) is 42.7 Å². The molecule has 3 aromatic rings. The van der Waals surface area contributed by atoms with Gasteiger partial charge in [0.2, 0.25) is 0 Å². The van der Waals surface area contributed by atoms with Crippen molar-refractivity contribution >= 4 is 17.1 Å². The first-order valence-corrected chi connectivity index (χ1v) is 11.0. The summed E-state index contributed by atoms with van der Waals surface area (Å²) in [6, 6.07) is 8.20. The number of nitrogens with zero attached hydrogens (tertiary/aromatic N) is 5. The van der Waals surface area contributed by atoms with Crippen LogP contribution in [0.1, 0.15) is 59.6 Å². The third kappa shape index (κ3) is 3.94. The van der Waals surface area contributed by atoms with Gasteiger partial charge in [0.05, 0.1) is 5.69 Å². The lowest BCUT2D eigenvalue weighted by molar-refractivity contribution is 0.0706. The highest BCUT2D eigenvalue weighted by molar-refractivity contribution is 5.94. The van der Waals surface area contributed by atoms with Gasteiger partial charge in [-0.3, -0.25) is 14.8 Å². The number of carbonyl (C=O) groups excluding carboxylic acids is 1. The van der Waals surface area contributed by atoms with Gasteiger partial charge in [0.25, 0.3) is 5.91 Å². The molecule has 1 atom stereocenters. The number of hydrogen-bond donors (Lipinski definition) is 1. The van der Waals surface area contributed by atoms with Gasteiger partial charge >= 0.3 is 0 Å². The average molecular weight is 405 g/mol. The highest BCUT2D eigenvalue weighted by atomic mass is 16.2. The molecule has 2 aliphatic rings. The van der Waals surface area contributed by atoms with Crippen LogP contribution < -0.4 is 0 Å². The Labute approximate surface area is 176 Å². The molecule has 7 heteroatoms. The van der Waals surface area contributed by atoms with Crippen LogP contribution in [0.3, 0.4) is 0 Å². The molecule has 2 saturated heterocycles. The third-order valence-electron chi connectivity index (χ3n) is 6.39. The lowest BCUT2D eigenvalue weighted by atomic mass is 9.93. The number of aromatic amines is 1. The van der Waals surface area contributed by atoms with Gasteiger partial charge in [-0.1, -0.05) is 18.6 Å². The zero-order valence-corrected chi connectivity index (χ0v) is 17.3. The van der Waals surface area contributed by atoms with Crippen molar-refractivity contribution in [1.82, 2.24) is 30.0 Å². The molecule has 1 N–H and O–H groups in total. The van der Waals surface area contributed by atoms with Crippen LogP contribution in [-0.4, -0.2) is 62.1 Å². The average Bonchev–Trinajstić information content (AvgIpc) is 3.24. The zero-order valence-electron chi connectivity index (χ0n) is 17.3. The molecule has 7 nitrogen and oxygen atoms in total. The molecule has 1 amide bonds. The molecule has 5 rings (SSSR count). The van der Waals surface area contributed by atoms with Gasteiger partial charge in [-0.2, -0.15) is 5.10 Å². The predicted molar refractivity (Wildman–Crippen MR) is 115 cm³/mol. The van der Waals surface area contributed by atoms with E-state index in [1.54, 1.807) is 12.4 Å². The molecule has 2 aliphatic heterocycles.